The quantitative estimate of drug-likeness (QED) is 0.865. The first-order chi connectivity index (χ1) is 10.2. The zero-order valence-corrected chi connectivity index (χ0v) is 14.4. The Morgan fingerprint density at radius 2 is 1.96 bits per heavy atom. The van der Waals surface area contributed by atoms with Crippen molar-refractivity contribution in [1.29, 1.82) is 0 Å². The smallest absolute Gasteiger partial charge is 0.260 e. The van der Waals surface area contributed by atoms with Crippen LogP contribution in [-0.4, -0.2) is 46.9 Å². The Morgan fingerprint density at radius 3 is 2.52 bits per heavy atom. The number of carbonyl (C=O) groups excluding carboxylic acids is 1. The van der Waals surface area contributed by atoms with Gasteiger partial charge in [-0.1, -0.05) is 0 Å². The predicted molar refractivity (Wildman–Crippen MR) is 95.0 cm³/mol. The van der Waals surface area contributed by atoms with Gasteiger partial charge in [-0.3, -0.25) is 9.48 Å². The molecule has 3 heterocycles. The number of carbonyl (C=O) groups is 1. The van der Waals surface area contributed by atoms with E-state index < -0.39 is 0 Å². The number of rotatable bonds is 3. The summed E-state index contributed by atoms with van der Waals surface area (Å²) in [7, 11) is 1.78. The van der Waals surface area contributed by atoms with Gasteiger partial charge in [-0.2, -0.15) is 5.10 Å². The zero-order valence-electron chi connectivity index (χ0n) is 12.7. The van der Waals surface area contributed by atoms with Crippen molar-refractivity contribution in [2.45, 2.75) is 0 Å². The number of aryl methyl sites for hydroxylation is 1. The predicted octanol–water partition coefficient (Wildman–Crippen LogP) is 1.32. The molecule has 0 radical (unpaired) electrons. The van der Waals surface area contributed by atoms with E-state index in [0.29, 0.717) is 11.4 Å². The summed E-state index contributed by atoms with van der Waals surface area (Å²) in [6.07, 6.45) is 5.00. The van der Waals surface area contributed by atoms with Crippen molar-refractivity contribution in [2.75, 3.05) is 36.4 Å². The number of pyridine rings is 1. The zero-order chi connectivity index (χ0) is 14.7. The molecule has 2 N–H and O–H groups in total. The van der Waals surface area contributed by atoms with E-state index in [1.807, 2.05) is 12.1 Å². The lowest BCUT2D eigenvalue weighted by Gasteiger charge is -2.29. The summed E-state index contributed by atoms with van der Waals surface area (Å²) in [5.74, 6) is 0.341. The fraction of sp³-hybridized carbons (Fsp3) is 0.357. The molecule has 9 heteroatoms. The molecule has 0 aliphatic carbocycles. The van der Waals surface area contributed by atoms with E-state index in [1.165, 1.54) is 6.20 Å². The van der Waals surface area contributed by atoms with Crippen LogP contribution in [0.15, 0.2) is 30.7 Å². The first-order valence-electron chi connectivity index (χ1n) is 6.94. The number of aromatic nitrogens is 3. The Hall–Kier alpha value is -1.83. The van der Waals surface area contributed by atoms with Crippen molar-refractivity contribution in [3.05, 3.63) is 36.3 Å². The molecule has 2 aromatic heterocycles. The Kier molecular flexibility index (Phi) is 7.28. The van der Waals surface area contributed by atoms with Gasteiger partial charge < -0.3 is 15.5 Å². The van der Waals surface area contributed by atoms with Crippen LogP contribution in [0.25, 0.3) is 0 Å². The largest absolute Gasteiger partial charge is 0.368 e. The lowest BCUT2D eigenvalue weighted by molar-refractivity contribution is 0.102. The van der Waals surface area contributed by atoms with E-state index in [0.717, 1.165) is 31.9 Å². The van der Waals surface area contributed by atoms with Crippen molar-refractivity contribution in [1.82, 2.24) is 20.1 Å². The van der Waals surface area contributed by atoms with Gasteiger partial charge in [0.2, 0.25) is 0 Å². The number of hydrogen-bond donors (Lipinski definition) is 2. The molecule has 1 amide bonds. The van der Waals surface area contributed by atoms with E-state index in [1.54, 1.807) is 24.1 Å². The number of nitrogens with zero attached hydrogens (tertiary/aromatic N) is 4. The van der Waals surface area contributed by atoms with Gasteiger partial charge in [-0.15, -0.1) is 24.8 Å². The first-order valence-corrected chi connectivity index (χ1v) is 6.94. The van der Waals surface area contributed by atoms with Gasteiger partial charge in [-0.05, 0) is 12.1 Å². The van der Waals surface area contributed by atoms with Gasteiger partial charge in [0.05, 0.1) is 23.6 Å². The summed E-state index contributed by atoms with van der Waals surface area (Å²) in [6.45, 7) is 3.92. The molecule has 7 nitrogen and oxygen atoms in total. The van der Waals surface area contributed by atoms with Crippen molar-refractivity contribution in [2.24, 2.45) is 7.05 Å². The lowest BCUT2D eigenvalue weighted by atomic mass is 10.3. The average molecular weight is 359 g/mol. The SMILES string of the molecule is Cl.Cl.Cn1cc(C(=O)Nc2ccc(N3CCNCC3)cn2)cn1. The van der Waals surface area contributed by atoms with Crippen LogP contribution in [0.5, 0.6) is 0 Å². The summed E-state index contributed by atoms with van der Waals surface area (Å²) in [4.78, 5) is 18.6. The monoisotopic (exact) mass is 358 g/mol. The highest BCUT2D eigenvalue weighted by Crippen LogP contribution is 2.16. The second-order valence-corrected chi connectivity index (χ2v) is 5.00. The summed E-state index contributed by atoms with van der Waals surface area (Å²) < 4.78 is 1.59. The minimum absolute atomic E-state index is 0. The fourth-order valence-electron chi connectivity index (χ4n) is 2.30. The van der Waals surface area contributed by atoms with Gasteiger partial charge in [-0.25, -0.2) is 4.98 Å². The van der Waals surface area contributed by atoms with Gasteiger partial charge in [0.15, 0.2) is 0 Å². The van der Waals surface area contributed by atoms with Gasteiger partial charge in [0, 0.05) is 39.4 Å². The van der Waals surface area contributed by atoms with E-state index in [4.69, 9.17) is 0 Å². The fourth-order valence-corrected chi connectivity index (χ4v) is 2.30. The van der Waals surface area contributed by atoms with Gasteiger partial charge in [0.25, 0.3) is 5.91 Å². The molecular weight excluding hydrogens is 339 g/mol. The first kappa shape index (κ1) is 19.2. The molecule has 0 unspecified atom stereocenters. The summed E-state index contributed by atoms with van der Waals surface area (Å²) in [5.41, 5.74) is 1.60. The van der Waals surface area contributed by atoms with Crippen LogP contribution in [0.3, 0.4) is 0 Å². The second-order valence-electron chi connectivity index (χ2n) is 5.00. The molecular formula is C14H20Cl2N6O. The Balaban J connectivity index is 0.00000132. The van der Waals surface area contributed by atoms with Crippen molar-refractivity contribution >= 4 is 42.2 Å². The highest BCUT2D eigenvalue weighted by molar-refractivity contribution is 6.03. The molecule has 1 aliphatic heterocycles. The summed E-state index contributed by atoms with van der Waals surface area (Å²) >= 11 is 0. The third kappa shape index (κ3) is 4.82. The van der Waals surface area contributed by atoms with Crippen LogP contribution in [0.4, 0.5) is 11.5 Å². The molecule has 0 spiro atoms. The van der Waals surface area contributed by atoms with Gasteiger partial charge in [0.1, 0.15) is 5.82 Å². The maximum Gasteiger partial charge on any atom is 0.260 e. The van der Waals surface area contributed by atoms with E-state index >= 15 is 0 Å². The molecule has 0 aromatic carbocycles. The summed E-state index contributed by atoms with van der Waals surface area (Å²) in [5, 5.41) is 10.1. The number of anilines is 2. The normalized spacial score (nSPS) is 13.7. The number of nitrogens with one attached hydrogen (secondary N) is 2. The molecule has 1 fully saturated rings. The number of amides is 1. The highest BCUT2D eigenvalue weighted by atomic mass is 35.5. The lowest BCUT2D eigenvalue weighted by Crippen LogP contribution is -2.43. The van der Waals surface area contributed by atoms with E-state index in [9.17, 15) is 4.79 Å². The highest BCUT2D eigenvalue weighted by Gasteiger charge is 2.12. The Bertz CT molecular complexity index is 624. The van der Waals surface area contributed by atoms with Crippen molar-refractivity contribution < 1.29 is 4.79 Å². The van der Waals surface area contributed by atoms with Gasteiger partial charge >= 0.3 is 0 Å². The minimum Gasteiger partial charge on any atom is -0.368 e. The minimum atomic E-state index is -0.203. The standard InChI is InChI=1S/C14H18N6O.2ClH/c1-19-10-11(8-17-19)14(21)18-13-3-2-12(9-16-13)20-6-4-15-5-7-20;;/h2-3,8-10,15H,4-7H2,1H3,(H,16,18,21);2*1H. The Morgan fingerprint density at radius 1 is 1.22 bits per heavy atom. The molecule has 0 atom stereocenters. The maximum absolute atomic E-state index is 12.0. The van der Waals surface area contributed by atoms with E-state index in [2.05, 4.69) is 25.6 Å². The maximum atomic E-state index is 12.0. The molecule has 3 rings (SSSR count). The van der Waals surface area contributed by atoms with E-state index in [-0.39, 0.29) is 30.7 Å². The molecule has 2 aromatic rings. The van der Waals surface area contributed by atoms with Crippen LogP contribution in [0.2, 0.25) is 0 Å². The van der Waals surface area contributed by atoms with Crippen LogP contribution in [0.1, 0.15) is 10.4 Å². The van der Waals surface area contributed by atoms with Crippen molar-refractivity contribution in [3.63, 3.8) is 0 Å². The molecule has 0 bridgehead atoms. The molecule has 0 saturated carbocycles. The van der Waals surface area contributed by atoms with Crippen LogP contribution in [0, 0.1) is 0 Å². The second kappa shape index (κ2) is 8.71. The summed E-state index contributed by atoms with van der Waals surface area (Å²) in [6, 6.07) is 3.81. The molecule has 1 saturated heterocycles. The molecule has 1 aliphatic rings. The van der Waals surface area contributed by atoms with Crippen LogP contribution < -0.4 is 15.5 Å². The van der Waals surface area contributed by atoms with Crippen LogP contribution >= 0.6 is 24.8 Å². The van der Waals surface area contributed by atoms with Crippen molar-refractivity contribution in [3.8, 4) is 0 Å². The van der Waals surface area contributed by atoms with Crippen LogP contribution in [-0.2, 0) is 7.05 Å². The number of halogens is 2. The number of piperazine rings is 1. The average Bonchev–Trinajstić information content (AvgIpc) is 2.96. The number of hydrogen-bond acceptors (Lipinski definition) is 5. The third-order valence-electron chi connectivity index (χ3n) is 3.44. The third-order valence-corrected chi connectivity index (χ3v) is 3.44. The topological polar surface area (TPSA) is 75.1 Å². The Labute approximate surface area is 147 Å². The molecule has 126 valence electrons. The molecule has 23 heavy (non-hydrogen) atoms.